The molecule has 1 aliphatic rings. The molecule has 0 fully saturated rings. The summed E-state index contributed by atoms with van der Waals surface area (Å²) in [5.41, 5.74) is 6.98. The maximum absolute atomic E-state index is 5.69. The average Bonchev–Trinajstić information content (AvgIpc) is 2.83. The minimum atomic E-state index is -0.0632. The monoisotopic (exact) mass is 262 g/mol. The molecule has 0 radical (unpaired) electrons. The number of ether oxygens (including phenoxy) is 2. The van der Waals surface area contributed by atoms with Crippen molar-refractivity contribution in [2.45, 2.75) is 38.7 Å². The van der Waals surface area contributed by atoms with Gasteiger partial charge < -0.3 is 15.2 Å². The molecule has 0 spiro atoms. The van der Waals surface area contributed by atoms with E-state index in [2.05, 4.69) is 37.9 Å². The number of hydrogen-bond donors (Lipinski definition) is 1. The molecule has 0 saturated heterocycles. The zero-order chi connectivity index (χ0) is 13.9. The van der Waals surface area contributed by atoms with Crippen LogP contribution in [0.4, 0.5) is 0 Å². The second kappa shape index (κ2) is 5.51. The average molecular weight is 262 g/mol. The number of amidine groups is 1. The first-order valence-electron chi connectivity index (χ1n) is 6.71. The quantitative estimate of drug-likeness (QED) is 0.886. The molecule has 1 atom stereocenters. The molecule has 0 amide bonds. The van der Waals surface area contributed by atoms with E-state index in [1.54, 1.807) is 0 Å². The van der Waals surface area contributed by atoms with E-state index >= 15 is 0 Å². The first-order chi connectivity index (χ1) is 9.01. The van der Waals surface area contributed by atoms with Crippen molar-refractivity contribution in [3.8, 4) is 5.75 Å². The van der Waals surface area contributed by atoms with E-state index in [9.17, 15) is 0 Å². The third-order valence-corrected chi connectivity index (χ3v) is 3.69. The molecule has 104 valence electrons. The lowest BCUT2D eigenvalue weighted by Gasteiger charge is -2.23. The minimum absolute atomic E-state index is 0.0632. The summed E-state index contributed by atoms with van der Waals surface area (Å²) in [6.45, 7) is 7.74. The highest BCUT2D eigenvalue weighted by Crippen LogP contribution is 2.28. The first-order valence-corrected chi connectivity index (χ1v) is 6.71. The van der Waals surface area contributed by atoms with Crippen LogP contribution in [0.3, 0.4) is 0 Å². The Hall–Kier alpha value is -1.71. The van der Waals surface area contributed by atoms with Gasteiger partial charge in [-0.1, -0.05) is 32.9 Å². The third-order valence-electron chi connectivity index (χ3n) is 3.69. The summed E-state index contributed by atoms with van der Waals surface area (Å²) in [6.07, 6.45) is 1.05. The Morgan fingerprint density at radius 2 is 2.05 bits per heavy atom. The van der Waals surface area contributed by atoms with Crippen molar-refractivity contribution < 1.29 is 9.47 Å². The molecule has 0 aromatic heterocycles. The number of nitrogens with zero attached hydrogens (tertiary/aromatic N) is 1. The molecule has 0 saturated carbocycles. The molecule has 1 aromatic rings. The number of benzene rings is 1. The molecule has 19 heavy (non-hydrogen) atoms. The summed E-state index contributed by atoms with van der Waals surface area (Å²) < 4.78 is 11.0. The predicted octanol–water partition coefficient (Wildman–Crippen LogP) is 2.47. The van der Waals surface area contributed by atoms with Crippen molar-refractivity contribution in [1.29, 1.82) is 0 Å². The lowest BCUT2D eigenvalue weighted by Crippen LogP contribution is -2.24. The van der Waals surface area contributed by atoms with Gasteiger partial charge in [-0.15, -0.1) is 0 Å². The van der Waals surface area contributed by atoms with Gasteiger partial charge in [-0.3, -0.25) is 0 Å². The summed E-state index contributed by atoms with van der Waals surface area (Å²) in [6, 6.07) is 8.52. The summed E-state index contributed by atoms with van der Waals surface area (Å²) >= 11 is 0. The van der Waals surface area contributed by atoms with Crippen molar-refractivity contribution in [3.05, 3.63) is 29.8 Å². The standard InChI is InChI=1S/C15H22N2O2/c1-4-15(2,3)11-5-7-12(8-6-11)18-10-13-9-17-14(16)19-13/h5-8,13H,4,9-10H2,1-3H3,(H2,16,17)/t13-/m1/s1. The molecule has 0 bridgehead atoms. The van der Waals surface area contributed by atoms with Gasteiger partial charge in [0, 0.05) is 0 Å². The first kappa shape index (κ1) is 13.7. The van der Waals surface area contributed by atoms with Crippen LogP contribution in [0.2, 0.25) is 0 Å². The van der Waals surface area contributed by atoms with Crippen LogP contribution in [0.25, 0.3) is 0 Å². The topological polar surface area (TPSA) is 56.8 Å². The Morgan fingerprint density at radius 3 is 2.58 bits per heavy atom. The molecular weight excluding hydrogens is 240 g/mol. The minimum Gasteiger partial charge on any atom is -0.490 e. The molecule has 2 N–H and O–H groups in total. The summed E-state index contributed by atoms with van der Waals surface area (Å²) in [5, 5.41) is 0. The highest BCUT2D eigenvalue weighted by Gasteiger charge is 2.19. The maximum Gasteiger partial charge on any atom is 0.282 e. The van der Waals surface area contributed by atoms with Gasteiger partial charge in [-0.05, 0) is 29.5 Å². The van der Waals surface area contributed by atoms with E-state index in [0.717, 1.165) is 12.2 Å². The van der Waals surface area contributed by atoms with Crippen LogP contribution in [-0.4, -0.2) is 25.3 Å². The second-order valence-electron chi connectivity index (χ2n) is 5.49. The fourth-order valence-electron chi connectivity index (χ4n) is 1.92. The summed E-state index contributed by atoms with van der Waals surface area (Å²) in [7, 11) is 0. The van der Waals surface area contributed by atoms with E-state index in [4.69, 9.17) is 15.2 Å². The van der Waals surface area contributed by atoms with Gasteiger partial charge in [0.1, 0.15) is 12.4 Å². The molecule has 1 heterocycles. The van der Waals surface area contributed by atoms with Crippen LogP contribution in [0.5, 0.6) is 5.75 Å². The lowest BCUT2D eigenvalue weighted by molar-refractivity contribution is 0.141. The fourth-order valence-corrected chi connectivity index (χ4v) is 1.92. The Bertz CT molecular complexity index is 452. The van der Waals surface area contributed by atoms with Gasteiger partial charge in [0.2, 0.25) is 0 Å². The molecule has 0 aliphatic carbocycles. The Kier molecular flexibility index (Phi) is 3.98. The predicted molar refractivity (Wildman–Crippen MR) is 76.6 cm³/mol. The molecule has 1 aliphatic heterocycles. The number of hydrogen-bond acceptors (Lipinski definition) is 4. The van der Waals surface area contributed by atoms with Gasteiger partial charge in [0.15, 0.2) is 6.10 Å². The second-order valence-corrected chi connectivity index (χ2v) is 5.49. The van der Waals surface area contributed by atoms with Gasteiger partial charge in [0.05, 0.1) is 6.54 Å². The van der Waals surface area contributed by atoms with Gasteiger partial charge in [0.25, 0.3) is 6.02 Å². The molecule has 0 unspecified atom stereocenters. The van der Waals surface area contributed by atoms with E-state index in [-0.39, 0.29) is 17.5 Å². The number of rotatable bonds is 5. The summed E-state index contributed by atoms with van der Waals surface area (Å²) in [5.74, 6) is 0.852. The highest BCUT2D eigenvalue weighted by atomic mass is 16.5. The van der Waals surface area contributed by atoms with Gasteiger partial charge in [-0.2, -0.15) is 0 Å². The van der Waals surface area contributed by atoms with Crippen molar-refractivity contribution in [1.82, 2.24) is 0 Å². The normalized spacial score (nSPS) is 18.9. The Balaban J connectivity index is 1.89. The zero-order valence-corrected chi connectivity index (χ0v) is 11.8. The third kappa shape index (κ3) is 3.40. The van der Waals surface area contributed by atoms with Crippen LogP contribution in [0, 0.1) is 0 Å². The zero-order valence-electron chi connectivity index (χ0n) is 11.8. The van der Waals surface area contributed by atoms with E-state index in [0.29, 0.717) is 13.2 Å². The largest absolute Gasteiger partial charge is 0.490 e. The molecular formula is C15H22N2O2. The van der Waals surface area contributed by atoms with Gasteiger partial charge >= 0.3 is 0 Å². The highest BCUT2D eigenvalue weighted by molar-refractivity contribution is 5.73. The van der Waals surface area contributed by atoms with Crippen molar-refractivity contribution in [3.63, 3.8) is 0 Å². The number of nitrogens with two attached hydrogens (primary N) is 1. The number of aliphatic imine (C=N–C) groups is 1. The fraction of sp³-hybridized carbons (Fsp3) is 0.533. The summed E-state index contributed by atoms with van der Waals surface area (Å²) in [4.78, 5) is 3.98. The molecule has 4 heteroatoms. The van der Waals surface area contributed by atoms with Crippen molar-refractivity contribution in [2.24, 2.45) is 10.7 Å². The van der Waals surface area contributed by atoms with Gasteiger partial charge in [-0.25, -0.2) is 4.99 Å². The van der Waals surface area contributed by atoms with Crippen molar-refractivity contribution >= 4 is 6.02 Å². The van der Waals surface area contributed by atoms with Crippen LogP contribution in [0.15, 0.2) is 29.3 Å². The van der Waals surface area contributed by atoms with Crippen molar-refractivity contribution in [2.75, 3.05) is 13.2 Å². The lowest BCUT2D eigenvalue weighted by atomic mass is 9.82. The smallest absolute Gasteiger partial charge is 0.282 e. The van der Waals surface area contributed by atoms with Crippen LogP contribution in [0.1, 0.15) is 32.8 Å². The molecule has 1 aromatic carbocycles. The maximum atomic E-state index is 5.69. The Morgan fingerprint density at radius 1 is 1.37 bits per heavy atom. The molecule has 4 nitrogen and oxygen atoms in total. The van der Waals surface area contributed by atoms with Crippen LogP contribution in [-0.2, 0) is 10.2 Å². The Labute approximate surface area is 114 Å². The van der Waals surface area contributed by atoms with E-state index in [1.165, 1.54) is 5.56 Å². The molecule has 2 rings (SSSR count). The van der Waals surface area contributed by atoms with E-state index < -0.39 is 0 Å². The SMILES string of the molecule is CCC(C)(C)c1ccc(OC[C@H]2CN=C(N)O2)cc1. The van der Waals surface area contributed by atoms with Crippen LogP contribution < -0.4 is 10.5 Å². The van der Waals surface area contributed by atoms with Crippen LogP contribution >= 0.6 is 0 Å². The van der Waals surface area contributed by atoms with E-state index in [1.807, 2.05) is 12.1 Å².